The number of aliphatic hydroxyl groups is 2. The summed E-state index contributed by atoms with van der Waals surface area (Å²) in [5.41, 5.74) is 3.48. The molecule has 6 unspecified atom stereocenters. The Labute approximate surface area is 312 Å². The first-order valence-electron chi connectivity index (χ1n) is 19.2. The molecule has 0 saturated heterocycles. The van der Waals surface area contributed by atoms with Gasteiger partial charge in [0.2, 0.25) is 5.79 Å². The summed E-state index contributed by atoms with van der Waals surface area (Å²) in [5, 5.41) is 37.3. The zero-order valence-corrected chi connectivity index (χ0v) is 31.0. The minimum absolute atomic E-state index is 0.0614. The molecule has 6 atom stereocenters. The highest BCUT2D eigenvalue weighted by atomic mass is 16.7. The number of fused-ring (bicyclic) bond motifs is 3. The van der Waals surface area contributed by atoms with Crippen molar-refractivity contribution in [3.63, 3.8) is 0 Å². The lowest BCUT2D eigenvalue weighted by Crippen LogP contribution is -2.70. The number of ether oxygens (including phenoxy) is 3. The second-order valence-electron chi connectivity index (χ2n) is 14.2. The third-order valence-electron chi connectivity index (χ3n) is 11.1. The maximum atomic E-state index is 14.4. The molecule has 0 spiro atoms. The Morgan fingerprint density at radius 3 is 2.55 bits per heavy atom. The first kappa shape index (κ1) is 38.3. The maximum absolute atomic E-state index is 14.4. The third kappa shape index (κ3) is 7.81. The van der Waals surface area contributed by atoms with Crippen LogP contribution in [0.15, 0.2) is 90.1 Å². The highest BCUT2D eigenvalue weighted by Gasteiger charge is 2.65. The van der Waals surface area contributed by atoms with Crippen molar-refractivity contribution in [1.29, 1.82) is 0 Å². The lowest BCUT2D eigenvalue weighted by atomic mass is 9.55. The molecule has 3 aliphatic rings. The number of aliphatic hydroxyl groups excluding tert-OH is 2. The molecule has 6 rings (SSSR count). The van der Waals surface area contributed by atoms with Gasteiger partial charge >= 0.3 is 6.09 Å². The van der Waals surface area contributed by atoms with Gasteiger partial charge in [-0.05, 0) is 91.5 Å². The fraction of sp³-hybridized carbons (Fsp3) is 0.488. The zero-order valence-electron chi connectivity index (χ0n) is 31.0. The van der Waals surface area contributed by atoms with Crippen LogP contribution in [-0.2, 0) is 20.9 Å². The summed E-state index contributed by atoms with van der Waals surface area (Å²) in [5.74, 6) is -1.22. The van der Waals surface area contributed by atoms with Crippen molar-refractivity contribution in [2.75, 3.05) is 33.0 Å². The van der Waals surface area contributed by atoms with Crippen molar-refractivity contribution in [1.82, 2.24) is 4.90 Å². The van der Waals surface area contributed by atoms with E-state index < -0.39 is 23.8 Å². The number of nitrogens with zero attached hydrogens (tertiary/aromatic N) is 2. The lowest BCUT2D eigenvalue weighted by molar-refractivity contribution is -0.256. The zero-order chi connectivity index (χ0) is 37.4. The standard InChI is InChI=1S/C43H54N2O8/c1-4-24-51-43-39(45(42(49)50-5-2)28-31-17-13-16-29-14-7-8-18-33(29)31)27-37(44-52-6-3)35-25-30(15-9-11-22-46)34(19-10-12-23-47)40(41(35)43)36-26-32(48)20-21-38(36)53-43/h4,7-8,13-14,16-18,20-21,25-26,30,34,39-41,46-48H,1,5-6,9-12,15,19,22-24,27-28H2,2-3H3. The topological polar surface area (TPSA) is 130 Å². The van der Waals surface area contributed by atoms with Crippen molar-refractivity contribution in [3.8, 4) is 11.5 Å². The summed E-state index contributed by atoms with van der Waals surface area (Å²) in [6.07, 6.45) is 8.41. The molecule has 3 aromatic carbocycles. The molecule has 53 heavy (non-hydrogen) atoms. The van der Waals surface area contributed by atoms with Crippen molar-refractivity contribution in [3.05, 3.63) is 96.1 Å². The van der Waals surface area contributed by atoms with E-state index in [0.29, 0.717) is 30.9 Å². The van der Waals surface area contributed by atoms with Crippen LogP contribution < -0.4 is 4.74 Å². The van der Waals surface area contributed by atoms with Crippen LogP contribution in [0, 0.1) is 17.8 Å². The fourth-order valence-corrected chi connectivity index (χ4v) is 8.92. The average Bonchev–Trinajstić information content (AvgIpc) is 3.17. The normalized spacial score (nSPS) is 25.2. The van der Waals surface area contributed by atoms with E-state index in [-0.39, 0.29) is 62.9 Å². The van der Waals surface area contributed by atoms with E-state index in [4.69, 9.17) is 24.2 Å². The first-order chi connectivity index (χ1) is 25.9. The average molecular weight is 727 g/mol. The van der Waals surface area contributed by atoms with Gasteiger partial charge in [-0.25, -0.2) is 4.79 Å². The smallest absolute Gasteiger partial charge is 0.410 e. The minimum Gasteiger partial charge on any atom is -0.508 e. The number of hydrogen-bond donors (Lipinski definition) is 3. The van der Waals surface area contributed by atoms with E-state index in [1.54, 1.807) is 36.1 Å². The Morgan fingerprint density at radius 2 is 1.79 bits per heavy atom. The predicted octanol–water partition coefficient (Wildman–Crippen LogP) is 7.86. The number of oxime groups is 1. The number of allylic oxidation sites excluding steroid dienone is 1. The summed E-state index contributed by atoms with van der Waals surface area (Å²) < 4.78 is 20.0. The monoisotopic (exact) mass is 726 g/mol. The molecule has 0 bridgehead atoms. The van der Waals surface area contributed by atoms with Crippen molar-refractivity contribution in [2.24, 2.45) is 22.9 Å². The molecular formula is C43H54N2O8. The van der Waals surface area contributed by atoms with Crippen LogP contribution in [0.1, 0.15) is 75.8 Å². The second-order valence-corrected chi connectivity index (χ2v) is 14.2. The molecule has 3 N–H and O–H groups in total. The van der Waals surface area contributed by atoms with Crippen LogP contribution in [0.5, 0.6) is 11.5 Å². The number of phenols is 1. The number of aromatic hydroxyl groups is 1. The summed E-state index contributed by atoms with van der Waals surface area (Å²) >= 11 is 0. The number of unbranched alkanes of at least 4 members (excludes halogenated alkanes) is 2. The van der Waals surface area contributed by atoms with Crippen LogP contribution in [0.25, 0.3) is 10.8 Å². The molecule has 2 aliphatic carbocycles. The maximum Gasteiger partial charge on any atom is 0.410 e. The van der Waals surface area contributed by atoms with E-state index in [0.717, 1.165) is 53.2 Å². The van der Waals surface area contributed by atoms with Gasteiger partial charge in [-0.15, -0.1) is 6.58 Å². The van der Waals surface area contributed by atoms with Gasteiger partial charge in [0, 0.05) is 31.1 Å². The molecule has 1 heterocycles. The van der Waals surface area contributed by atoms with E-state index in [1.165, 1.54) is 0 Å². The number of phenolic OH excluding ortho intramolecular Hbond substituents is 1. The van der Waals surface area contributed by atoms with Crippen LogP contribution in [0.3, 0.4) is 0 Å². The van der Waals surface area contributed by atoms with Crippen LogP contribution in [0.4, 0.5) is 4.79 Å². The summed E-state index contributed by atoms with van der Waals surface area (Å²) in [6.45, 7) is 8.82. The van der Waals surface area contributed by atoms with Gasteiger partial charge in [0.15, 0.2) is 0 Å². The Morgan fingerprint density at radius 1 is 1.02 bits per heavy atom. The lowest BCUT2D eigenvalue weighted by Gasteiger charge is -2.59. The summed E-state index contributed by atoms with van der Waals surface area (Å²) in [4.78, 5) is 21.9. The quantitative estimate of drug-likeness (QED) is 0.0729. The SMILES string of the molecule is C=CCOC12Oc3ccc(O)cc3C3C(CCCCO)C(CCCCO)C=C(C(=NOCC)CC1N(Cc1cccc4ccccc14)C(=O)OCC)C32. The Balaban J connectivity index is 1.60. The highest BCUT2D eigenvalue weighted by molar-refractivity contribution is 6.03. The fourth-order valence-electron chi connectivity index (χ4n) is 8.92. The number of carbonyl (C=O) groups is 1. The molecule has 1 aliphatic heterocycles. The molecule has 10 heteroatoms. The van der Waals surface area contributed by atoms with Crippen LogP contribution in [-0.4, -0.2) is 76.9 Å². The second kappa shape index (κ2) is 17.6. The molecule has 1 saturated carbocycles. The first-order valence-corrected chi connectivity index (χ1v) is 19.2. The number of benzene rings is 3. The number of rotatable bonds is 17. The van der Waals surface area contributed by atoms with E-state index in [1.807, 2.05) is 31.2 Å². The summed E-state index contributed by atoms with van der Waals surface area (Å²) in [6, 6.07) is 18.7. The van der Waals surface area contributed by atoms with Gasteiger partial charge in [-0.3, -0.25) is 4.90 Å². The van der Waals surface area contributed by atoms with Gasteiger partial charge in [0.1, 0.15) is 24.1 Å². The van der Waals surface area contributed by atoms with Crippen molar-refractivity contribution >= 4 is 22.6 Å². The number of hydrogen-bond acceptors (Lipinski definition) is 9. The largest absolute Gasteiger partial charge is 0.508 e. The van der Waals surface area contributed by atoms with Gasteiger partial charge in [0.05, 0.1) is 31.4 Å². The van der Waals surface area contributed by atoms with E-state index >= 15 is 0 Å². The Kier molecular flexibility index (Phi) is 12.8. The summed E-state index contributed by atoms with van der Waals surface area (Å²) in [7, 11) is 0. The Bertz CT molecular complexity index is 1790. The van der Waals surface area contributed by atoms with Crippen molar-refractivity contribution in [2.45, 2.75) is 83.1 Å². The number of amides is 1. The third-order valence-corrected chi connectivity index (χ3v) is 11.1. The van der Waals surface area contributed by atoms with Gasteiger partial charge in [-0.2, -0.15) is 0 Å². The van der Waals surface area contributed by atoms with E-state index in [9.17, 15) is 20.1 Å². The molecule has 0 radical (unpaired) electrons. The molecule has 1 amide bonds. The minimum atomic E-state index is -1.41. The molecule has 1 fully saturated rings. The molecule has 0 aromatic heterocycles. The van der Waals surface area contributed by atoms with Crippen LogP contribution >= 0.6 is 0 Å². The number of carbonyl (C=O) groups excluding carboxylic acids is 1. The molecule has 10 nitrogen and oxygen atoms in total. The van der Waals surface area contributed by atoms with Gasteiger partial charge < -0.3 is 34.4 Å². The van der Waals surface area contributed by atoms with Gasteiger partial charge in [-0.1, -0.05) is 72.6 Å². The highest BCUT2D eigenvalue weighted by Crippen LogP contribution is 2.62. The van der Waals surface area contributed by atoms with E-state index in [2.05, 4.69) is 30.9 Å². The molecule has 3 aromatic rings. The van der Waals surface area contributed by atoms with Crippen molar-refractivity contribution < 1.29 is 39.2 Å². The molecule has 284 valence electrons. The predicted molar refractivity (Wildman–Crippen MR) is 205 cm³/mol. The Hall–Kier alpha value is -4.38. The van der Waals surface area contributed by atoms with Gasteiger partial charge in [0.25, 0.3) is 0 Å². The van der Waals surface area contributed by atoms with Crippen LogP contribution in [0.2, 0.25) is 0 Å². The molecular weight excluding hydrogens is 672 g/mol.